The second-order valence-electron chi connectivity index (χ2n) is 5.14. The van der Waals surface area contributed by atoms with Crippen LogP contribution in [0.3, 0.4) is 0 Å². The monoisotopic (exact) mass is 321 g/mol. The number of halogens is 1. The Labute approximate surface area is 118 Å². The van der Waals surface area contributed by atoms with Crippen molar-refractivity contribution in [1.82, 2.24) is 16.1 Å². The highest BCUT2D eigenvalue weighted by atomic mass is 79.9. The average molecular weight is 322 g/mol. The van der Waals surface area contributed by atoms with Crippen molar-refractivity contribution in [2.45, 2.75) is 11.8 Å². The van der Waals surface area contributed by atoms with Gasteiger partial charge in [0.25, 0.3) is 0 Å². The molecule has 1 aliphatic carbocycles. The number of nitrogens with zero attached hydrogens (tertiary/aromatic N) is 2. The van der Waals surface area contributed by atoms with Gasteiger partial charge in [-0.15, -0.1) is 10.2 Å². The molecule has 3 aliphatic rings. The largest absolute Gasteiger partial charge is 0.325 e. The van der Waals surface area contributed by atoms with E-state index in [0.717, 1.165) is 28.0 Å². The van der Waals surface area contributed by atoms with E-state index < -0.39 is 5.41 Å². The van der Waals surface area contributed by atoms with Crippen molar-refractivity contribution in [3.63, 3.8) is 0 Å². The average Bonchev–Trinajstić information content (AvgIpc) is 2.90. The van der Waals surface area contributed by atoms with Crippen LogP contribution < -0.4 is 16.3 Å². The highest BCUT2D eigenvalue weighted by Crippen LogP contribution is 2.60. The second kappa shape index (κ2) is 3.49. The van der Waals surface area contributed by atoms with E-state index in [1.165, 1.54) is 0 Å². The first-order valence-corrected chi connectivity index (χ1v) is 6.85. The van der Waals surface area contributed by atoms with Gasteiger partial charge in [0.05, 0.1) is 5.41 Å². The van der Waals surface area contributed by atoms with E-state index in [1.807, 2.05) is 25.2 Å². The first-order chi connectivity index (χ1) is 9.11. The number of amidine groups is 1. The first kappa shape index (κ1) is 11.2. The van der Waals surface area contributed by atoms with Gasteiger partial charge in [0.1, 0.15) is 5.84 Å². The molecule has 2 aliphatic heterocycles. The minimum atomic E-state index is -0.447. The maximum atomic E-state index is 12.3. The lowest BCUT2D eigenvalue weighted by molar-refractivity contribution is -0.118. The fourth-order valence-corrected chi connectivity index (χ4v) is 3.36. The summed E-state index contributed by atoms with van der Waals surface area (Å²) in [5.74, 6) is 1.01. The van der Waals surface area contributed by atoms with Crippen LogP contribution in [-0.4, -0.2) is 23.9 Å². The number of carbonyl (C=O) groups excluding carboxylic acids is 1. The van der Waals surface area contributed by atoms with Crippen LogP contribution >= 0.6 is 15.9 Å². The Morgan fingerprint density at radius 3 is 3.11 bits per heavy atom. The van der Waals surface area contributed by atoms with Gasteiger partial charge in [-0.2, -0.15) is 0 Å². The molecule has 98 valence electrons. The molecule has 0 bridgehead atoms. The van der Waals surface area contributed by atoms with Gasteiger partial charge < -0.3 is 5.32 Å². The molecule has 19 heavy (non-hydrogen) atoms. The lowest BCUT2D eigenvalue weighted by Crippen LogP contribution is -2.39. The summed E-state index contributed by atoms with van der Waals surface area (Å²) in [5.41, 5.74) is 7.46. The minimum absolute atomic E-state index is 0.0738. The highest BCUT2D eigenvalue weighted by Gasteiger charge is 2.67. The molecule has 0 aromatic heterocycles. The third-order valence-corrected chi connectivity index (χ3v) is 4.50. The highest BCUT2D eigenvalue weighted by molar-refractivity contribution is 9.10. The summed E-state index contributed by atoms with van der Waals surface area (Å²) >= 11 is 3.47. The molecule has 1 spiro atoms. The molecule has 2 heterocycles. The number of benzene rings is 1. The fraction of sp³-hybridized carbons (Fsp3) is 0.333. The van der Waals surface area contributed by atoms with Crippen LogP contribution in [0.4, 0.5) is 5.69 Å². The van der Waals surface area contributed by atoms with Crippen molar-refractivity contribution in [2.75, 3.05) is 12.4 Å². The predicted octanol–water partition coefficient (Wildman–Crippen LogP) is 0.927. The van der Waals surface area contributed by atoms with Crippen LogP contribution in [0.2, 0.25) is 0 Å². The van der Waals surface area contributed by atoms with E-state index in [4.69, 9.17) is 0 Å². The van der Waals surface area contributed by atoms with Crippen molar-refractivity contribution in [3.05, 3.63) is 28.2 Å². The summed E-state index contributed by atoms with van der Waals surface area (Å²) < 4.78 is 0.990. The normalized spacial score (nSPS) is 31.6. The molecule has 4 rings (SSSR count). The summed E-state index contributed by atoms with van der Waals surface area (Å²) in [5, 5.41) is 8.86. The van der Waals surface area contributed by atoms with Crippen LogP contribution in [0.1, 0.15) is 12.0 Å². The zero-order chi connectivity index (χ0) is 13.2. The number of fused-ring (bicyclic) bond motifs is 2. The van der Waals surface area contributed by atoms with Gasteiger partial charge in [-0.3, -0.25) is 10.2 Å². The molecule has 2 unspecified atom stereocenters. The summed E-state index contributed by atoms with van der Waals surface area (Å²) in [7, 11) is 1.84. The fourth-order valence-electron chi connectivity index (χ4n) is 3.00. The van der Waals surface area contributed by atoms with Crippen molar-refractivity contribution in [3.8, 4) is 0 Å². The molecule has 6 nitrogen and oxygen atoms in total. The molecule has 1 aromatic carbocycles. The Bertz CT molecular complexity index is 631. The number of hydrogen-bond donors (Lipinski definition) is 3. The molecule has 2 atom stereocenters. The van der Waals surface area contributed by atoms with Gasteiger partial charge in [0.2, 0.25) is 5.91 Å². The van der Waals surface area contributed by atoms with Gasteiger partial charge in [-0.05, 0) is 30.2 Å². The van der Waals surface area contributed by atoms with Gasteiger partial charge >= 0.3 is 0 Å². The Morgan fingerprint density at radius 1 is 1.53 bits per heavy atom. The van der Waals surface area contributed by atoms with E-state index in [1.54, 1.807) is 5.12 Å². The zero-order valence-electron chi connectivity index (χ0n) is 10.2. The van der Waals surface area contributed by atoms with Crippen molar-refractivity contribution >= 4 is 33.4 Å². The van der Waals surface area contributed by atoms with Crippen LogP contribution in [0.15, 0.2) is 27.8 Å². The van der Waals surface area contributed by atoms with Crippen molar-refractivity contribution < 1.29 is 4.79 Å². The van der Waals surface area contributed by atoms with E-state index in [9.17, 15) is 4.79 Å². The summed E-state index contributed by atoms with van der Waals surface area (Å²) in [4.78, 5) is 12.3. The van der Waals surface area contributed by atoms with E-state index in [0.29, 0.717) is 0 Å². The Morgan fingerprint density at radius 2 is 2.37 bits per heavy atom. The first-order valence-electron chi connectivity index (χ1n) is 6.06. The number of carbonyl (C=O) groups is 1. The molecule has 1 saturated carbocycles. The van der Waals surface area contributed by atoms with E-state index in [2.05, 4.69) is 37.3 Å². The Hall–Kier alpha value is -1.60. The number of hydrogen-bond acceptors (Lipinski definition) is 5. The molecule has 1 aromatic rings. The third kappa shape index (κ3) is 1.39. The minimum Gasteiger partial charge on any atom is -0.325 e. The smallest absolute Gasteiger partial charge is 0.235 e. The molecule has 1 fully saturated rings. The lowest BCUT2D eigenvalue weighted by atomic mass is 9.94. The van der Waals surface area contributed by atoms with Crippen molar-refractivity contribution in [2.24, 2.45) is 11.0 Å². The van der Waals surface area contributed by atoms with Gasteiger partial charge in [0, 0.05) is 23.1 Å². The number of nitrogens with one attached hydrogen (secondary N) is 3. The molecular weight excluding hydrogens is 310 g/mol. The quantitative estimate of drug-likeness (QED) is 0.719. The van der Waals surface area contributed by atoms with Gasteiger partial charge in [-0.1, -0.05) is 15.9 Å². The zero-order valence-corrected chi connectivity index (χ0v) is 11.8. The number of hydrazine groups is 2. The molecule has 7 heteroatoms. The van der Waals surface area contributed by atoms with Crippen LogP contribution in [0.25, 0.3) is 0 Å². The van der Waals surface area contributed by atoms with Gasteiger partial charge in [-0.25, -0.2) is 5.53 Å². The third-order valence-electron chi connectivity index (χ3n) is 4.01. The van der Waals surface area contributed by atoms with E-state index >= 15 is 0 Å². The lowest BCUT2D eigenvalue weighted by Gasteiger charge is -2.10. The predicted molar refractivity (Wildman–Crippen MR) is 74.0 cm³/mol. The molecule has 1 amide bonds. The number of hydrazone groups is 1. The topological polar surface area (TPSA) is 68.8 Å². The maximum Gasteiger partial charge on any atom is 0.235 e. The Balaban J connectivity index is 1.74. The SMILES string of the molecule is CN1NN=C(C2CC23C(=O)Nc2ccc(Br)cc23)N1. The summed E-state index contributed by atoms with van der Waals surface area (Å²) in [6.07, 6.45) is 0.795. The van der Waals surface area contributed by atoms with Gasteiger partial charge in [0.15, 0.2) is 0 Å². The van der Waals surface area contributed by atoms with Crippen LogP contribution in [0, 0.1) is 5.92 Å². The van der Waals surface area contributed by atoms with Crippen LogP contribution in [0.5, 0.6) is 0 Å². The standard InChI is InChI=1S/C12H12BrN5O/c1-18-16-10(15-17-18)8-5-12(8)7-4-6(13)2-3-9(7)14-11(12)19/h2-4,8,17H,5H2,1H3,(H,14,19)(H,15,16). The van der Waals surface area contributed by atoms with Crippen LogP contribution in [-0.2, 0) is 10.2 Å². The number of anilines is 1. The molecular formula is C12H12BrN5O. The molecule has 0 radical (unpaired) electrons. The summed E-state index contributed by atoms with van der Waals surface area (Å²) in [6.45, 7) is 0. The van der Waals surface area contributed by atoms with E-state index in [-0.39, 0.29) is 11.8 Å². The Kier molecular flexibility index (Phi) is 2.06. The maximum absolute atomic E-state index is 12.3. The number of rotatable bonds is 1. The summed E-state index contributed by atoms with van der Waals surface area (Å²) in [6, 6.07) is 5.91. The molecule has 0 saturated heterocycles. The number of amides is 1. The van der Waals surface area contributed by atoms with Crippen molar-refractivity contribution in [1.29, 1.82) is 0 Å². The molecule has 3 N–H and O–H groups in total. The second-order valence-corrected chi connectivity index (χ2v) is 6.06.